The molecular weight excluding hydrogens is 733 g/mol. The van der Waals surface area contributed by atoms with Gasteiger partial charge in [0.2, 0.25) is 0 Å². The van der Waals surface area contributed by atoms with E-state index in [1.54, 1.807) is 0 Å². The molecule has 0 radical (unpaired) electrons. The van der Waals surface area contributed by atoms with Crippen molar-refractivity contribution in [3.05, 3.63) is 194 Å². The molecule has 0 aliphatic carbocycles. The van der Waals surface area contributed by atoms with Crippen LogP contribution >= 0.6 is 0 Å². The van der Waals surface area contributed by atoms with E-state index >= 15 is 0 Å². The summed E-state index contributed by atoms with van der Waals surface area (Å²) in [5, 5.41) is 13.8. The Morgan fingerprint density at radius 2 is 0.750 bits per heavy atom. The summed E-state index contributed by atoms with van der Waals surface area (Å²) in [6.45, 7) is 0. The molecule has 0 saturated carbocycles. The molecule has 60 heavy (non-hydrogen) atoms. The summed E-state index contributed by atoms with van der Waals surface area (Å²) < 4.78 is 18.6. The van der Waals surface area contributed by atoms with E-state index in [9.17, 15) is 0 Å². The maximum atomic E-state index is 6.98. The van der Waals surface area contributed by atoms with Gasteiger partial charge in [0.1, 0.15) is 11.2 Å². The molecule has 0 aliphatic heterocycles. The fourth-order valence-corrected chi connectivity index (χ4v) is 10.2. The van der Waals surface area contributed by atoms with Gasteiger partial charge in [0.15, 0.2) is 11.2 Å². The molecule has 0 unspecified atom stereocenters. The number of hydrogen-bond donors (Lipinski definition) is 0. The van der Waals surface area contributed by atoms with Crippen molar-refractivity contribution in [3.8, 4) is 22.5 Å². The minimum Gasteiger partial charge on any atom is -0.452 e. The lowest BCUT2D eigenvalue weighted by Gasteiger charge is -2.10. The van der Waals surface area contributed by atoms with Gasteiger partial charge in [0, 0.05) is 54.5 Å². The highest BCUT2D eigenvalue weighted by atomic mass is 16.4. The number of nitrogens with zero attached hydrogens (tertiary/aromatic N) is 2. The van der Waals surface area contributed by atoms with Gasteiger partial charge in [-0.15, -0.1) is 0 Å². The topological polar surface area (TPSA) is 36.1 Å². The van der Waals surface area contributed by atoms with E-state index in [0.717, 1.165) is 87.9 Å². The van der Waals surface area contributed by atoms with Crippen molar-refractivity contribution >= 4 is 109 Å². The number of furan rings is 2. The Labute approximate surface area is 342 Å². The first-order valence-corrected chi connectivity index (χ1v) is 20.5. The molecular formula is C56H32N2O2. The van der Waals surface area contributed by atoms with Gasteiger partial charge >= 0.3 is 0 Å². The van der Waals surface area contributed by atoms with Crippen molar-refractivity contribution in [2.75, 3.05) is 0 Å². The van der Waals surface area contributed by atoms with Crippen LogP contribution in [-0.4, -0.2) is 9.13 Å². The molecule has 10 aromatic carbocycles. The molecule has 4 heteroatoms. The van der Waals surface area contributed by atoms with Crippen molar-refractivity contribution in [1.29, 1.82) is 0 Å². The van der Waals surface area contributed by atoms with Crippen LogP contribution in [0.5, 0.6) is 0 Å². The van der Waals surface area contributed by atoms with Gasteiger partial charge in [-0.05, 0) is 112 Å². The van der Waals surface area contributed by atoms with Gasteiger partial charge in [-0.2, -0.15) is 0 Å². The number of hydrogen-bond acceptors (Lipinski definition) is 2. The van der Waals surface area contributed by atoms with Gasteiger partial charge in [0.05, 0.1) is 22.1 Å². The Bertz CT molecular complexity index is 4020. The molecule has 278 valence electrons. The second-order valence-corrected chi connectivity index (χ2v) is 16.1. The van der Waals surface area contributed by atoms with Gasteiger partial charge < -0.3 is 18.0 Å². The number of benzene rings is 10. The van der Waals surface area contributed by atoms with Crippen LogP contribution in [0, 0.1) is 0 Å². The average Bonchev–Trinajstić information content (AvgIpc) is 4.05. The Hall–Kier alpha value is -8.08. The highest BCUT2D eigenvalue weighted by Crippen LogP contribution is 2.46. The molecule has 0 aliphatic rings. The van der Waals surface area contributed by atoms with E-state index in [-0.39, 0.29) is 0 Å². The molecule has 0 saturated heterocycles. The first kappa shape index (κ1) is 31.9. The molecule has 0 atom stereocenters. The fraction of sp³-hybridized carbons (Fsp3) is 0. The number of para-hydroxylation sites is 4. The summed E-state index contributed by atoms with van der Waals surface area (Å²) in [6.07, 6.45) is 0. The van der Waals surface area contributed by atoms with Crippen LogP contribution in [-0.2, 0) is 0 Å². The Morgan fingerprint density at radius 3 is 1.28 bits per heavy atom. The molecule has 0 bridgehead atoms. The molecule has 14 aromatic rings. The third-order valence-electron chi connectivity index (χ3n) is 12.8. The zero-order chi connectivity index (χ0) is 39.1. The van der Waals surface area contributed by atoms with Gasteiger partial charge in [-0.1, -0.05) is 115 Å². The lowest BCUT2D eigenvalue weighted by atomic mass is 9.95. The lowest BCUT2D eigenvalue weighted by molar-refractivity contribution is 0.634. The summed E-state index contributed by atoms with van der Waals surface area (Å²) >= 11 is 0. The smallest absolute Gasteiger partial charge is 0.179 e. The molecule has 4 nitrogen and oxygen atoms in total. The molecule has 4 heterocycles. The van der Waals surface area contributed by atoms with Crippen molar-refractivity contribution in [2.45, 2.75) is 0 Å². The fourth-order valence-electron chi connectivity index (χ4n) is 10.2. The number of rotatable bonds is 3. The summed E-state index contributed by atoms with van der Waals surface area (Å²) in [7, 11) is 0. The first-order chi connectivity index (χ1) is 29.7. The maximum absolute atomic E-state index is 6.98. The largest absolute Gasteiger partial charge is 0.452 e. The van der Waals surface area contributed by atoms with Gasteiger partial charge in [-0.3, -0.25) is 0 Å². The van der Waals surface area contributed by atoms with Gasteiger partial charge in [-0.25, -0.2) is 0 Å². The molecule has 4 aromatic heterocycles. The van der Waals surface area contributed by atoms with E-state index in [2.05, 4.69) is 203 Å². The molecule has 0 spiro atoms. The Balaban J connectivity index is 0.995. The van der Waals surface area contributed by atoms with Crippen molar-refractivity contribution < 1.29 is 8.83 Å². The lowest BCUT2D eigenvalue weighted by Crippen LogP contribution is -1.93. The summed E-state index contributed by atoms with van der Waals surface area (Å²) in [5.41, 5.74) is 12.5. The minimum atomic E-state index is 0.767. The van der Waals surface area contributed by atoms with E-state index < -0.39 is 0 Å². The second kappa shape index (κ2) is 11.8. The maximum Gasteiger partial charge on any atom is 0.179 e. The van der Waals surface area contributed by atoms with E-state index in [0.29, 0.717) is 0 Å². The third-order valence-corrected chi connectivity index (χ3v) is 12.8. The summed E-state index contributed by atoms with van der Waals surface area (Å²) in [6, 6.07) is 70.1. The third kappa shape index (κ3) is 4.34. The highest BCUT2D eigenvalue weighted by Gasteiger charge is 2.22. The zero-order valence-corrected chi connectivity index (χ0v) is 32.2. The molecule has 0 fully saturated rings. The van der Waals surface area contributed by atoms with Crippen molar-refractivity contribution in [2.24, 2.45) is 0 Å². The number of aromatic nitrogens is 2. The van der Waals surface area contributed by atoms with Crippen LogP contribution < -0.4 is 0 Å². The van der Waals surface area contributed by atoms with Crippen LogP contribution in [0.2, 0.25) is 0 Å². The second-order valence-electron chi connectivity index (χ2n) is 16.1. The van der Waals surface area contributed by atoms with E-state index in [1.165, 1.54) is 43.6 Å². The zero-order valence-electron chi connectivity index (χ0n) is 32.2. The SMILES string of the molecule is c1ccc(-c2cc3c4cc5ccc(-n6c7ccccc7c7ccccc76)cc5cc4oc3c3oc4cc5cc(-n6c7ccccc7c7ccccc76)ccc5cc4c23)cc1. The standard InChI is InChI=1S/C56H32N2O2/c1-2-12-33(13-3-1)44-32-46-45-28-34-22-24-38(57-48-18-8-4-14-40(48)41-15-5-9-19-49(41)57)26-36(34)30-52(45)59-55(46)56-54(44)47-29-35-23-25-39(27-37(35)31-53(47)60-56)58-50-20-10-6-16-42(50)43-17-7-11-21-51(43)58/h1-32H. The minimum absolute atomic E-state index is 0.767. The first-order valence-electron chi connectivity index (χ1n) is 20.5. The highest BCUT2D eigenvalue weighted by molar-refractivity contribution is 6.26. The van der Waals surface area contributed by atoms with Crippen LogP contribution in [0.15, 0.2) is 203 Å². The molecule has 0 amide bonds. The van der Waals surface area contributed by atoms with Crippen LogP contribution in [0.1, 0.15) is 0 Å². The Morgan fingerprint density at radius 1 is 0.300 bits per heavy atom. The Kier molecular flexibility index (Phi) is 6.26. The average molecular weight is 765 g/mol. The quantitative estimate of drug-likeness (QED) is 0.180. The normalized spacial score (nSPS) is 12.3. The van der Waals surface area contributed by atoms with Crippen molar-refractivity contribution in [3.63, 3.8) is 0 Å². The van der Waals surface area contributed by atoms with Crippen molar-refractivity contribution in [1.82, 2.24) is 9.13 Å². The van der Waals surface area contributed by atoms with Crippen LogP contribution in [0.3, 0.4) is 0 Å². The summed E-state index contributed by atoms with van der Waals surface area (Å²) in [4.78, 5) is 0. The predicted octanol–water partition coefficient (Wildman–Crippen LogP) is 15.7. The van der Waals surface area contributed by atoms with E-state index in [1.807, 2.05) is 0 Å². The van der Waals surface area contributed by atoms with Crippen LogP contribution in [0.25, 0.3) is 132 Å². The molecule has 0 N–H and O–H groups in total. The van der Waals surface area contributed by atoms with Crippen LogP contribution in [0.4, 0.5) is 0 Å². The number of fused-ring (bicyclic) bond motifs is 15. The van der Waals surface area contributed by atoms with E-state index in [4.69, 9.17) is 8.83 Å². The monoisotopic (exact) mass is 764 g/mol. The van der Waals surface area contributed by atoms with Gasteiger partial charge in [0.25, 0.3) is 0 Å². The predicted molar refractivity (Wildman–Crippen MR) is 250 cm³/mol. The molecule has 14 rings (SSSR count). The summed E-state index contributed by atoms with van der Waals surface area (Å²) in [5.74, 6) is 0.